The summed E-state index contributed by atoms with van der Waals surface area (Å²) in [6.45, 7) is 1.40. The topological polar surface area (TPSA) is 125 Å². The van der Waals surface area contributed by atoms with Gasteiger partial charge < -0.3 is 15.0 Å². The van der Waals surface area contributed by atoms with E-state index in [2.05, 4.69) is 4.98 Å². The zero-order valence-electron chi connectivity index (χ0n) is 15.1. The van der Waals surface area contributed by atoms with Gasteiger partial charge in [0.2, 0.25) is 10.0 Å². The highest BCUT2D eigenvalue weighted by Crippen LogP contribution is 2.22. The number of primary amides is 1. The number of fused-ring (bicyclic) bond motifs is 1. The maximum Gasteiger partial charge on any atom is 0.307 e. The van der Waals surface area contributed by atoms with Gasteiger partial charge in [-0.05, 0) is 25.1 Å². The smallest absolute Gasteiger partial charge is 0.307 e. The number of ether oxygens (including phenoxy) is 1. The molecule has 1 aromatic carbocycles. The average Bonchev–Trinajstić information content (AvgIpc) is 2.88. The molecule has 1 aromatic heterocycles. The summed E-state index contributed by atoms with van der Waals surface area (Å²) in [5, 5.41) is 0. The fourth-order valence-corrected chi connectivity index (χ4v) is 3.27. The number of aromatic nitrogens is 2. The Bertz CT molecular complexity index is 949. The van der Waals surface area contributed by atoms with Gasteiger partial charge in [-0.25, -0.2) is 17.7 Å². The molecule has 0 aliphatic carbocycles. The SMILES string of the molecule is C[C@@H](OC(=O)CCc1nc2cc(S(=O)(=O)N(C)C)ccc2n1C)C(N)=O. The maximum absolute atomic E-state index is 12.2. The van der Waals surface area contributed by atoms with Crippen molar-refractivity contribution < 1.29 is 22.7 Å². The third-order valence-electron chi connectivity index (χ3n) is 3.99. The third-order valence-corrected chi connectivity index (χ3v) is 5.80. The number of amides is 1. The van der Waals surface area contributed by atoms with Crippen LogP contribution in [0.4, 0.5) is 0 Å². The average molecular weight is 382 g/mol. The van der Waals surface area contributed by atoms with Crippen LogP contribution in [-0.2, 0) is 37.8 Å². The lowest BCUT2D eigenvalue weighted by Crippen LogP contribution is -2.30. The summed E-state index contributed by atoms with van der Waals surface area (Å²) in [5.74, 6) is -0.668. The normalized spacial score (nSPS) is 13.1. The highest BCUT2D eigenvalue weighted by atomic mass is 32.2. The van der Waals surface area contributed by atoms with Crippen molar-refractivity contribution in [2.45, 2.75) is 30.8 Å². The van der Waals surface area contributed by atoms with Crippen LogP contribution in [0.3, 0.4) is 0 Å². The second-order valence-corrected chi connectivity index (χ2v) is 8.21. The van der Waals surface area contributed by atoms with Crippen LogP contribution in [0, 0.1) is 0 Å². The molecule has 1 atom stereocenters. The monoisotopic (exact) mass is 382 g/mol. The Morgan fingerprint density at radius 1 is 1.35 bits per heavy atom. The number of nitrogens with zero attached hydrogens (tertiary/aromatic N) is 3. The molecule has 0 unspecified atom stereocenters. The van der Waals surface area contributed by atoms with E-state index in [-0.39, 0.29) is 17.7 Å². The van der Waals surface area contributed by atoms with Gasteiger partial charge in [-0.15, -0.1) is 0 Å². The van der Waals surface area contributed by atoms with E-state index in [4.69, 9.17) is 10.5 Å². The van der Waals surface area contributed by atoms with Crippen molar-refractivity contribution in [2.75, 3.05) is 14.1 Å². The lowest BCUT2D eigenvalue weighted by Gasteiger charge is -2.11. The number of sulfonamides is 1. The fourth-order valence-electron chi connectivity index (χ4n) is 2.35. The van der Waals surface area contributed by atoms with Crippen LogP contribution in [0.15, 0.2) is 23.1 Å². The highest BCUT2D eigenvalue weighted by molar-refractivity contribution is 7.89. The summed E-state index contributed by atoms with van der Waals surface area (Å²) in [7, 11) is 1.15. The molecule has 10 heteroatoms. The van der Waals surface area contributed by atoms with Gasteiger partial charge in [0.15, 0.2) is 6.10 Å². The molecule has 1 amide bonds. The molecular weight excluding hydrogens is 360 g/mol. The van der Waals surface area contributed by atoms with Gasteiger partial charge >= 0.3 is 5.97 Å². The first-order valence-electron chi connectivity index (χ1n) is 7.90. The van der Waals surface area contributed by atoms with Gasteiger partial charge in [0.05, 0.1) is 22.3 Å². The van der Waals surface area contributed by atoms with Gasteiger partial charge in [0, 0.05) is 27.6 Å². The third kappa shape index (κ3) is 4.02. The lowest BCUT2D eigenvalue weighted by atomic mass is 10.3. The Balaban J connectivity index is 2.21. The molecular formula is C16H22N4O5S. The van der Waals surface area contributed by atoms with E-state index in [1.165, 1.54) is 33.2 Å². The summed E-state index contributed by atoms with van der Waals surface area (Å²) < 4.78 is 32.3. The van der Waals surface area contributed by atoms with E-state index in [0.29, 0.717) is 11.3 Å². The molecule has 26 heavy (non-hydrogen) atoms. The molecule has 2 aromatic rings. The van der Waals surface area contributed by atoms with E-state index < -0.39 is 28.0 Å². The second-order valence-electron chi connectivity index (χ2n) is 6.06. The number of hydrogen-bond acceptors (Lipinski definition) is 6. The first-order chi connectivity index (χ1) is 12.0. The molecule has 0 saturated heterocycles. The van der Waals surface area contributed by atoms with E-state index >= 15 is 0 Å². The Labute approximate surface area is 151 Å². The van der Waals surface area contributed by atoms with Gasteiger partial charge in [0.25, 0.3) is 5.91 Å². The predicted molar refractivity (Wildman–Crippen MR) is 94.7 cm³/mol. The van der Waals surface area contributed by atoms with Crippen LogP contribution in [0.2, 0.25) is 0 Å². The van der Waals surface area contributed by atoms with Crippen LogP contribution >= 0.6 is 0 Å². The minimum Gasteiger partial charge on any atom is -0.453 e. The maximum atomic E-state index is 12.2. The quantitative estimate of drug-likeness (QED) is 0.681. The van der Waals surface area contributed by atoms with E-state index in [9.17, 15) is 18.0 Å². The van der Waals surface area contributed by atoms with E-state index in [1.807, 2.05) is 0 Å². The summed E-state index contributed by atoms with van der Waals surface area (Å²) in [5.41, 5.74) is 6.32. The highest BCUT2D eigenvalue weighted by Gasteiger charge is 2.20. The van der Waals surface area contributed by atoms with Crippen LogP contribution in [0.5, 0.6) is 0 Å². The van der Waals surface area contributed by atoms with Crippen molar-refractivity contribution in [3.05, 3.63) is 24.0 Å². The van der Waals surface area contributed by atoms with Gasteiger partial charge in [-0.1, -0.05) is 0 Å². The van der Waals surface area contributed by atoms with Crippen LogP contribution < -0.4 is 5.73 Å². The number of benzene rings is 1. The first kappa shape index (κ1) is 19.9. The molecule has 0 aliphatic rings. The van der Waals surface area contributed by atoms with E-state index in [1.54, 1.807) is 17.7 Å². The van der Waals surface area contributed by atoms with Crippen molar-refractivity contribution in [3.8, 4) is 0 Å². The van der Waals surface area contributed by atoms with Crippen molar-refractivity contribution in [1.29, 1.82) is 0 Å². The van der Waals surface area contributed by atoms with Crippen LogP contribution in [-0.4, -0.2) is 54.3 Å². The van der Waals surface area contributed by atoms with Gasteiger partial charge in [-0.2, -0.15) is 0 Å². The number of esters is 1. The molecule has 142 valence electrons. The molecule has 2 rings (SSSR count). The minimum absolute atomic E-state index is 0.0254. The number of imidazole rings is 1. The Morgan fingerprint density at radius 3 is 2.58 bits per heavy atom. The molecule has 2 N–H and O–H groups in total. The first-order valence-corrected chi connectivity index (χ1v) is 9.34. The molecule has 0 radical (unpaired) electrons. The Kier molecular flexibility index (Phi) is 5.67. The van der Waals surface area contributed by atoms with Crippen molar-refractivity contribution in [3.63, 3.8) is 0 Å². The van der Waals surface area contributed by atoms with Gasteiger partial charge in [-0.3, -0.25) is 9.59 Å². The summed E-state index contributed by atoms with van der Waals surface area (Å²) in [6, 6.07) is 4.70. The zero-order chi connectivity index (χ0) is 19.6. The Hall–Kier alpha value is -2.46. The molecule has 0 fully saturated rings. The Morgan fingerprint density at radius 2 is 2.00 bits per heavy atom. The number of rotatable bonds is 7. The van der Waals surface area contributed by atoms with Crippen LogP contribution in [0.25, 0.3) is 11.0 Å². The predicted octanol–water partition coefficient (Wildman–Crippen LogP) is 0.173. The molecule has 9 nitrogen and oxygen atoms in total. The number of hydrogen-bond donors (Lipinski definition) is 1. The second kappa shape index (κ2) is 7.42. The minimum atomic E-state index is -3.55. The number of aryl methyl sites for hydroxylation is 2. The standard InChI is InChI=1S/C16H22N4O5S/c1-10(16(17)22)25-15(21)8-7-14-18-12-9-11(26(23,24)19(2)3)5-6-13(12)20(14)4/h5-6,9-10H,7-8H2,1-4H3,(H2,17,22)/t10-/m1/s1. The van der Waals surface area contributed by atoms with Crippen LogP contribution in [0.1, 0.15) is 19.2 Å². The number of nitrogens with two attached hydrogens (primary N) is 1. The largest absolute Gasteiger partial charge is 0.453 e. The van der Waals surface area contributed by atoms with Crippen molar-refractivity contribution in [2.24, 2.45) is 12.8 Å². The molecule has 1 heterocycles. The summed E-state index contributed by atoms with van der Waals surface area (Å²) >= 11 is 0. The molecule has 0 saturated carbocycles. The van der Waals surface area contributed by atoms with Crippen molar-refractivity contribution in [1.82, 2.24) is 13.9 Å². The van der Waals surface area contributed by atoms with Crippen molar-refractivity contribution >= 4 is 32.9 Å². The zero-order valence-corrected chi connectivity index (χ0v) is 15.9. The molecule has 0 aliphatic heterocycles. The molecule has 0 spiro atoms. The fraction of sp³-hybridized carbons (Fsp3) is 0.438. The molecule has 0 bridgehead atoms. The number of carbonyl (C=O) groups is 2. The van der Waals surface area contributed by atoms with Gasteiger partial charge in [0.1, 0.15) is 5.82 Å². The number of carbonyl (C=O) groups excluding carboxylic acids is 2. The van der Waals surface area contributed by atoms with E-state index in [0.717, 1.165) is 9.82 Å². The lowest BCUT2D eigenvalue weighted by molar-refractivity contribution is -0.153. The summed E-state index contributed by atoms with van der Waals surface area (Å²) in [6.07, 6.45) is -0.676. The summed E-state index contributed by atoms with van der Waals surface area (Å²) in [4.78, 5) is 27.2.